The molecule has 0 fully saturated rings. The first-order chi connectivity index (χ1) is 18.4. The number of carbonyl (C=O) groups is 6. The first-order valence-electron chi connectivity index (χ1n) is 10.8. The van der Waals surface area contributed by atoms with E-state index in [9.17, 15) is 28.8 Å². The Hall–Kier alpha value is -4.70. The van der Waals surface area contributed by atoms with Crippen molar-refractivity contribution in [1.82, 2.24) is 0 Å². The zero-order valence-corrected chi connectivity index (χ0v) is 20.1. The van der Waals surface area contributed by atoms with Crippen molar-refractivity contribution in [3.8, 4) is 0 Å². The molecule has 0 amide bonds. The van der Waals surface area contributed by atoms with E-state index in [1.54, 1.807) is 0 Å². The zero-order chi connectivity index (χ0) is 29.5. The van der Waals surface area contributed by atoms with Crippen molar-refractivity contribution in [3.05, 3.63) is 69.8 Å². The topological polar surface area (TPSA) is 251 Å². The highest BCUT2D eigenvalue weighted by Crippen LogP contribution is 2.18. The minimum Gasteiger partial charge on any atom is -0.478 e. The zero-order valence-electron chi connectivity index (χ0n) is 20.1. The summed E-state index contributed by atoms with van der Waals surface area (Å²) in [5.74, 6) is -9.17. The van der Waals surface area contributed by atoms with Crippen LogP contribution in [0.25, 0.3) is 0 Å². The van der Waals surface area contributed by atoms with Crippen LogP contribution in [0.1, 0.15) is 62.1 Å². The van der Waals surface area contributed by atoms with E-state index in [1.165, 1.54) is 0 Å². The van der Waals surface area contributed by atoms with Crippen LogP contribution in [0, 0.1) is 0 Å². The Labute approximate surface area is 219 Å². The van der Waals surface area contributed by atoms with Crippen LogP contribution in [0.5, 0.6) is 0 Å². The van der Waals surface area contributed by atoms with E-state index in [0.29, 0.717) is 38.6 Å². The first kappa shape index (κ1) is 32.3. The molecule has 0 aliphatic heterocycles. The van der Waals surface area contributed by atoms with Crippen LogP contribution < -0.4 is 0 Å². The Balaban J connectivity index is 0.000000646. The molecule has 15 heteroatoms. The minimum absolute atomic E-state index is 0.0417. The molecule has 0 atom stereocenters. The molecule has 0 saturated heterocycles. The lowest BCUT2D eigenvalue weighted by atomic mass is 10.0. The first-order valence-corrected chi connectivity index (χ1v) is 10.8. The van der Waals surface area contributed by atoms with Gasteiger partial charge in [-0.2, -0.15) is 0 Å². The molecule has 6 N–H and O–H groups in total. The summed E-state index contributed by atoms with van der Waals surface area (Å²) in [6.45, 7) is 1.73. The van der Waals surface area contributed by atoms with Gasteiger partial charge in [0, 0.05) is 0 Å². The maximum atomic E-state index is 12.2. The van der Waals surface area contributed by atoms with Gasteiger partial charge in [-0.1, -0.05) is 0 Å². The van der Waals surface area contributed by atoms with Crippen LogP contribution in [0.4, 0.5) is 0 Å². The van der Waals surface area contributed by atoms with Gasteiger partial charge in [0.1, 0.15) is 0 Å². The predicted molar refractivity (Wildman–Crippen MR) is 126 cm³/mol. The summed E-state index contributed by atoms with van der Waals surface area (Å²) in [6.07, 6.45) is 0. The van der Waals surface area contributed by atoms with E-state index in [2.05, 4.69) is 4.74 Å². The summed E-state index contributed by atoms with van der Waals surface area (Å²) in [4.78, 5) is 68.8. The monoisotopic (exact) mass is 552 g/mol. The highest BCUT2D eigenvalue weighted by molar-refractivity contribution is 6.11. The Morgan fingerprint density at radius 3 is 1.15 bits per heavy atom. The number of carbonyl (C=O) groups excluding carboxylic acids is 2. The lowest BCUT2D eigenvalue weighted by Crippen LogP contribution is -2.19. The molecule has 39 heavy (non-hydrogen) atoms. The third-order valence-electron chi connectivity index (χ3n) is 4.46. The van der Waals surface area contributed by atoms with Gasteiger partial charge in [0.25, 0.3) is 0 Å². The number of aliphatic hydroxyl groups is 2. The second-order valence-electron chi connectivity index (χ2n) is 7.09. The van der Waals surface area contributed by atoms with Crippen molar-refractivity contribution in [3.63, 3.8) is 0 Å². The molecule has 0 aliphatic carbocycles. The number of ether oxygens (including phenoxy) is 3. The van der Waals surface area contributed by atoms with Gasteiger partial charge in [0.05, 0.1) is 73.0 Å². The van der Waals surface area contributed by atoms with Crippen LogP contribution >= 0.6 is 0 Å². The summed E-state index contributed by atoms with van der Waals surface area (Å²) in [5, 5.41) is 52.6. The molecule has 0 aliphatic rings. The van der Waals surface area contributed by atoms with Crippen molar-refractivity contribution in [1.29, 1.82) is 0 Å². The van der Waals surface area contributed by atoms with Crippen LogP contribution in [0.15, 0.2) is 36.4 Å². The average Bonchev–Trinajstić information content (AvgIpc) is 2.90. The van der Waals surface area contributed by atoms with E-state index >= 15 is 0 Å². The number of esters is 2. The number of benzene rings is 2. The third kappa shape index (κ3) is 10.3. The number of hydrogen-bond acceptors (Lipinski definition) is 11. The number of carboxylic acids is 4. The van der Waals surface area contributed by atoms with E-state index in [0.717, 1.165) is 24.3 Å². The van der Waals surface area contributed by atoms with Gasteiger partial charge in [0.2, 0.25) is 0 Å². The Morgan fingerprint density at radius 1 is 0.513 bits per heavy atom. The van der Waals surface area contributed by atoms with Gasteiger partial charge in [0.15, 0.2) is 0 Å². The normalized spacial score (nSPS) is 10.1. The fraction of sp³-hybridized carbons (Fsp3) is 0.250. The van der Waals surface area contributed by atoms with Crippen molar-refractivity contribution in [2.24, 2.45) is 0 Å². The third-order valence-corrected chi connectivity index (χ3v) is 4.46. The molecular weight excluding hydrogens is 528 g/mol. The molecule has 0 spiro atoms. The summed E-state index contributed by atoms with van der Waals surface area (Å²) in [5.41, 5.74) is -3.64. The Morgan fingerprint density at radius 2 is 0.872 bits per heavy atom. The summed E-state index contributed by atoms with van der Waals surface area (Å²) >= 11 is 0. The van der Waals surface area contributed by atoms with Crippen molar-refractivity contribution in [2.45, 2.75) is 0 Å². The second-order valence-corrected chi connectivity index (χ2v) is 7.09. The highest BCUT2D eigenvalue weighted by atomic mass is 16.6. The molecule has 2 aromatic rings. The molecule has 0 radical (unpaired) electrons. The lowest BCUT2D eigenvalue weighted by molar-refractivity contribution is 0.0222. The van der Waals surface area contributed by atoms with Crippen molar-refractivity contribution < 1.29 is 73.6 Å². The van der Waals surface area contributed by atoms with Gasteiger partial charge in [-0.25, -0.2) is 28.8 Å². The fourth-order valence-electron chi connectivity index (χ4n) is 2.71. The van der Waals surface area contributed by atoms with Crippen molar-refractivity contribution >= 4 is 35.8 Å². The molecule has 0 bridgehead atoms. The molecule has 15 nitrogen and oxygen atoms in total. The molecule has 0 aromatic heterocycles. The number of hydrogen-bond donors (Lipinski definition) is 6. The molecular formula is C24H24O15. The smallest absolute Gasteiger partial charge is 0.346 e. The second kappa shape index (κ2) is 16.2. The largest absolute Gasteiger partial charge is 0.478 e. The number of carboxylic acid groups (broad SMARTS) is 4. The SMILES string of the molecule is O=C(O)c1ccc(C(=O)OC(=O)c2ccc(C(=O)O)cc2C(=O)O)c(C(=O)O)c1.OCCOCCOCCO. The van der Waals surface area contributed by atoms with Crippen LogP contribution in [-0.4, -0.2) is 106 Å². The molecule has 0 heterocycles. The van der Waals surface area contributed by atoms with E-state index in [-0.39, 0.29) is 13.2 Å². The number of aliphatic hydroxyl groups excluding tert-OH is 2. The molecule has 210 valence electrons. The van der Waals surface area contributed by atoms with Gasteiger partial charge < -0.3 is 44.8 Å². The van der Waals surface area contributed by atoms with Gasteiger partial charge in [-0.3, -0.25) is 0 Å². The Bertz CT molecular complexity index is 1120. The quantitative estimate of drug-likeness (QED) is 0.112. The van der Waals surface area contributed by atoms with Gasteiger partial charge in [-0.15, -0.1) is 0 Å². The number of rotatable bonds is 13. The van der Waals surface area contributed by atoms with Crippen LogP contribution in [-0.2, 0) is 14.2 Å². The van der Waals surface area contributed by atoms with Crippen LogP contribution in [0.2, 0.25) is 0 Å². The lowest BCUT2D eigenvalue weighted by Gasteiger charge is -2.09. The van der Waals surface area contributed by atoms with E-state index < -0.39 is 69.2 Å². The fourth-order valence-corrected chi connectivity index (χ4v) is 2.71. The average molecular weight is 552 g/mol. The predicted octanol–water partition coefficient (Wildman–Crippen LogP) is 0.481. The summed E-state index contributed by atoms with van der Waals surface area (Å²) in [7, 11) is 0. The van der Waals surface area contributed by atoms with E-state index in [1.807, 2.05) is 0 Å². The van der Waals surface area contributed by atoms with Crippen molar-refractivity contribution in [2.75, 3.05) is 39.6 Å². The molecule has 0 saturated carbocycles. The maximum Gasteiger partial charge on any atom is 0.346 e. The summed E-state index contributed by atoms with van der Waals surface area (Å²) < 4.78 is 14.3. The summed E-state index contributed by atoms with van der Waals surface area (Å²) in [6, 6.07) is 4.87. The standard InChI is InChI=1S/C18H10O11.C6H14O4/c19-13(20)7-1-3-9(11(5-7)15(23)24)17(27)29-18(28)10-4-2-8(14(21)22)6-12(10)16(25)26;7-1-3-9-5-6-10-4-2-8/h1-6H,(H,19,20)(H,21,22)(H,23,24)(H,25,26);7-8H,1-6H2. The van der Waals surface area contributed by atoms with Crippen LogP contribution in [0.3, 0.4) is 0 Å². The Kier molecular flexibility index (Phi) is 13.4. The highest BCUT2D eigenvalue weighted by Gasteiger charge is 2.26. The molecule has 2 aromatic carbocycles. The van der Waals surface area contributed by atoms with E-state index in [4.69, 9.17) is 40.1 Å². The molecule has 0 unspecified atom stereocenters. The minimum atomic E-state index is -1.66. The molecule has 2 rings (SSSR count). The van der Waals surface area contributed by atoms with Gasteiger partial charge in [-0.05, 0) is 36.4 Å². The maximum absolute atomic E-state index is 12.2. The number of aromatic carboxylic acids is 4. The van der Waals surface area contributed by atoms with Gasteiger partial charge >= 0.3 is 35.8 Å².